The van der Waals surface area contributed by atoms with E-state index >= 15 is 0 Å². The second kappa shape index (κ2) is 10.0. The Hall–Kier alpha value is -3.20. The number of rotatable bonds is 6. The van der Waals surface area contributed by atoms with Gasteiger partial charge in [0.05, 0.1) is 19.3 Å². The Balaban J connectivity index is 1.30. The fourth-order valence-corrected chi connectivity index (χ4v) is 5.36. The van der Waals surface area contributed by atoms with Crippen molar-refractivity contribution >= 4 is 5.91 Å². The number of nitrogens with zero attached hydrogens (tertiary/aromatic N) is 3. The average molecular weight is 494 g/mol. The van der Waals surface area contributed by atoms with E-state index < -0.39 is 17.7 Å². The van der Waals surface area contributed by atoms with Crippen molar-refractivity contribution in [3.8, 4) is 0 Å². The number of piperidine rings is 1. The van der Waals surface area contributed by atoms with Crippen LogP contribution < -0.4 is 0 Å². The molecule has 0 N–H and O–H groups in total. The number of benzene rings is 2. The van der Waals surface area contributed by atoms with Crippen LogP contribution in [0.4, 0.5) is 8.78 Å². The van der Waals surface area contributed by atoms with Gasteiger partial charge in [-0.1, -0.05) is 30.3 Å². The van der Waals surface area contributed by atoms with Crippen LogP contribution >= 0.6 is 0 Å². The molecule has 2 aliphatic heterocycles. The zero-order valence-electron chi connectivity index (χ0n) is 20.4. The first-order chi connectivity index (χ1) is 17.4. The molecule has 0 aliphatic carbocycles. The lowest BCUT2D eigenvalue weighted by Gasteiger charge is -2.39. The number of ether oxygens (including phenoxy) is 1. The number of likely N-dealkylation sites (tertiary alicyclic amines) is 1. The minimum Gasteiger partial charge on any atom is -0.365 e. The van der Waals surface area contributed by atoms with Gasteiger partial charge in [0.2, 0.25) is 5.91 Å². The first-order valence-electron chi connectivity index (χ1n) is 12.1. The van der Waals surface area contributed by atoms with Crippen LogP contribution in [0.5, 0.6) is 0 Å². The number of hydrogen-bond acceptors (Lipinski definition) is 5. The van der Waals surface area contributed by atoms with Gasteiger partial charge < -0.3 is 4.74 Å². The van der Waals surface area contributed by atoms with Gasteiger partial charge in [0, 0.05) is 44.5 Å². The fourth-order valence-electron chi connectivity index (χ4n) is 5.36. The van der Waals surface area contributed by atoms with E-state index in [0.717, 1.165) is 55.7 Å². The zero-order valence-corrected chi connectivity index (χ0v) is 20.4. The van der Waals surface area contributed by atoms with Crippen molar-refractivity contribution < 1.29 is 23.1 Å². The van der Waals surface area contributed by atoms with Gasteiger partial charge in [0.1, 0.15) is 6.04 Å². The first kappa shape index (κ1) is 24.5. The van der Waals surface area contributed by atoms with Gasteiger partial charge in [-0.05, 0) is 53.3 Å². The number of halogens is 2. The van der Waals surface area contributed by atoms with E-state index in [9.17, 15) is 13.6 Å². The molecule has 3 aromatic rings. The smallest absolute Gasteiger partial charge is 0.243 e. The number of fused-ring (bicyclic) bond motifs is 2. The van der Waals surface area contributed by atoms with Crippen LogP contribution in [-0.4, -0.2) is 41.1 Å². The Morgan fingerprint density at radius 1 is 1.11 bits per heavy atom. The molecular formula is C28H29F2N3O3. The summed E-state index contributed by atoms with van der Waals surface area (Å²) in [6, 6.07) is 12.8. The quantitative estimate of drug-likeness (QED) is 0.458. The topological polar surface area (TPSA) is 54.9 Å². The number of pyridine rings is 1. The lowest BCUT2D eigenvalue weighted by Crippen LogP contribution is -2.42. The summed E-state index contributed by atoms with van der Waals surface area (Å²) in [4.78, 5) is 24.3. The van der Waals surface area contributed by atoms with Gasteiger partial charge in [-0.3, -0.25) is 19.5 Å². The van der Waals surface area contributed by atoms with E-state index in [0.29, 0.717) is 12.2 Å². The summed E-state index contributed by atoms with van der Waals surface area (Å²) in [5, 5.41) is 1.17. The van der Waals surface area contributed by atoms with Gasteiger partial charge in [-0.15, -0.1) is 0 Å². The normalized spacial score (nSPS) is 17.7. The van der Waals surface area contributed by atoms with Gasteiger partial charge in [-0.25, -0.2) is 13.8 Å². The maximum Gasteiger partial charge on any atom is 0.243 e. The van der Waals surface area contributed by atoms with Gasteiger partial charge in [-0.2, -0.15) is 0 Å². The van der Waals surface area contributed by atoms with Crippen LogP contribution in [0.15, 0.2) is 60.9 Å². The third kappa shape index (κ3) is 4.64. The van der Waals surface area contributed by atoms with Crippen molar-refractivity contribution in [3.05, 3.63) is 100 Å². The third-order valence-electron chi connectivity index (χ3n) is 7.27. The molecule has 6 nitrogen and oxygen atoms in total. The largest absolute Gasteiger partial charge is 0.365 e. The molecule has 1 fully saturated rings. The predicted octanol–water partition coefficient (Wildman–Crippen LogP) is 4.88. The number of hydroxylamine groups is 2. The number of aromatic nitrogens is 1. The van der Waals surface area contributed by atoms with E-state index in [-0.39, 0.29) is 11.5 Å². The van der Waals surface area contributed by atoms with Crippen molar-refractivity contribution in [2.45, 2.75) is 44.6 Å². The summed E-state index contributed by atoms with van der Waals surface area (Å²) in [7, 11) is 1.38. The molecule has 0 bridgehead atoms. The van der Waals surface area contributed by atoms with E-state index in [1.165, 1.54) is 36.3 Å². The number of carbonyl (C=O) groups excluding carboxylic acids is 1. The van der Waals surface area contributed by atoms with Crippen molar-refractivity contribution in [1.82, 2.24) is 14.9 Å². The van der Waals surface area contributed by atoms with Crippen LogP contribution in [0.3, 0.4) is 0 Å². The van der Waals surface area contributed by atoms with Gasteiger partial charge in [0.25, 0.3) is 0 Å². The van der Waals surface area contributed by atoms with Crippen LogP contribution in [0.1, 0.15) is 53.6 Å². The minimum absolute atomic E-state index is 0.224. The zero-order chi connectivity index (χ0) is 25.3. The molecule has 1 atom stereocenters. The molecule has 1 spiro atoms. The molecule has 1 amide bonds. The second-order valence-electron chi connectivity index (χ2n) is 9.44. The summed E-state index contributed by atoms with van der Waals surface area (Å²) in [6.07, 6.45) is 5.61. The summed E-state index contributed by atoms with van der Waals surface area (Å²) < 4.78 is 33.8. The molecule has 1 aromatic heterocycles. The summed E-state index contributed by atoms with van der Waals surface area (Å²) in [5.41, 5.74) is 4.53. The summed E-state index contributed by atoms with van der Waals surface area (Å²) >= 11 is 0. The van der Waals surface area contributed by atoms with Crippen molar-refractivity contribution in [2.24, 2.45) is 0 Å². The molecule has 188 valence electrons. The molecule has 1 saturated heterocycles. The molecule has 2 aliphatic rings. The van der Waals surface area contributed by atoms with Crippen LogP contribution in [0.25, 0.3) is 0 Å². The Bertz CT molecular complexity index is 1240. The number of carbonyl (C=O) groups is 1. The Morgan fingerprint density at radius 3 is 2.50 bits per heavy atom. The van der Waals surface area contributed by atoms with E-state index in [4.69, 9.17) is 9.57 Å². The van der Waals surface area contributed by atoms with Crippen molar-refractivity contribution in [3.63, 3.8) is 0 Å². The van der Waals surface area contributed by atoms with E-state index in [1.54, 1.807) is 0 Å². The molecular weight excluding hydrogens is 464 g/mol. The molecule has 0 saturated carbocycles. The lowest BCUT2D eigenvalue weighted by molar-refractivity contribution is -0.182. The highest BCUT2D eigenvalue weighted by Gasteiger charge is 2.42. The monoisotopic (exact) mass is 493 g/mol. The number of amides is 1. The minimum atomic E-state index is -0.971. The predicted molar refractivity (Wildman–Crippen MR) is 129 cm³/mol. The molecule has 5 rings (SSSR count). The number of hydrogen-bond donors (Lipinski definition) is 0. The van der Waals surface area contributed by atoms with Gasteiger partial charge in [0.15, 0.2) is 11.6 Å². The highest BCUT2D eigenvalue weighted by molar-refractivity contribution is 5.73. The third-order valence-corrected chi connectivity index (χ3v) is 7.27. The standard InChI is InChI=1S/C28H29F2N3O3/c1-19(34)33(35-2)27(22-7-8-25(29)26(30)15-22)21-5-3-20(4-6-21)17-32-13-10-28(11-14-32)24-16-31-12-9-23(24)18-36-28/h3-9,12,15-16,27H,10-11,13-14,17-18H2,1-2H3. The Kier molecular flexibility index (Phi) is 6.83. The molecule has 36 heavy (non-hydrogen) atoms. The second-order valence-corrected chi connectivity index (χ2v) is 9.44. The molecule has 3 heterocycles. The molecule has 0 radical (unpaired) electrons. The van der Waals surface area contributed by atoms with Crippen LogP contribution in [0.2, 0.25) is 0 Å². The first-order valence-corrected chi connectivity index (χ1v) is 12.1. The van der Waals surface area contributed by atoms with Crippen LogP contribution in [0, 0.1) is 11.6 Å². The summed E-state index contributed by atoms with van der Waals surface area (Å²) in [5.74, 6) is -2.25. The summed E-state index contributed by atoms with van der Waals surface area (Å²) in [6.45, 7) is 4.63. The SMILES string of the molecule is CON(C(C)=O)C(c1ccc(CN2CCC3(CC2)OCc2ccncc23)cc1)c1ccc(F)c(F)c1. The van der Waals surface area contributed by atoms with Crippen molar-refractivity contribution in [2.75, 3.05) is 20.2 Å². The van der Waals surface area contributed by atoms with Crippen LogP contribution in [-0.2, 0) is 33.1 Å². The highest BCUT2D eigenvalue weighted by Crippen LogP contribution is 2.43. The maximum atomic E-state index is 14.0. The van der Waals surface area contributed by atoms with Crippen molar-refractivity contribution in [1.29, 1.82) is 0 Å². The average Bonchev–Trinajstić information content (AvgIpc) is 3.24. The highest BCUT2D eigenvalue weighted by atomic mass is 19.2. The lowest BCUT2D eigenvalue weighted by atomic mass is 9.84. The Morgan fingerprint density at radius 2 is 1.83 bits per heavy atom. The maximum absolute atomic E-state index is 14.0. The van der Waals surface area contributed by atoms with E-state index in [2.05, 4.69) is 9.88 Å². The Labute approximate surface area is 209 Å². The molecule has 1 unspecified atom stereocenters. The molecule has 8 heteroatoms. The van der Waals surface area contributed by atoms with Gasteiger partial charge >= 0.3 is 0 Å². The fraction of sp³-hybridized carbons (Fsp3) is 0.357. The molecule has 2 aromatic carbocycles. The van der Waals surface area contributed by atoms with E-state index in [1.807, 2.05) is 42.7 Å².